The predicted octanol–water partition coefficient (Wildman–Crippen LogP) is 1.18. The Bertz CT molecular complexity index is 818. The molecule has 9 heteroatoms. The van der Waals surface area contributed by atoms with E-state index in [4.69, 9.17) is 0 Å². The predicted molar refractivity (Wildman–Crippen MR) is 88.0 cm³/mol. The third-order valence-electron chi connectivity index (χ3n) is 3.45. The van der Waals surface area contributed by atoms with Gasteiger partial charge in [-0.15, -0.1) is 11.3 Å². The zero-order valence-electron chi connectivity index (χ0n) is 12.5. The van der Waals surface area contributed by atoms with Crippen LogP contribution in [0, 0.1) is 0 Å². The van der Waals surface area contributed by atoms with Gasteiger partial charge in [-0.05, 0) is 24.5 Å². The van der Waals surface area contributed by atoms with Crippen LogP contribution in [0.25, 0.3) is 0 Å². The normalized spacial score (nSPS) is 14.4. The summed E-state index contributed by atoms with van der Waals surface area (Å²) in [6.45, 7) is 0.763. The van der Waals surface area contributed by atoms with Gasteiger partial charge in [-0.2, -0.15) is 0 Å². The van der Waals surface area contributed by atoms with Crippen LogP contribution >= 0.6 is 11.3 Å². The van der Waals surface area contributed by atoms with E-state index < -0.39 is 10.0 Å². The highest BCUT2D eigenvalue weighted by atomic mass is 32.2. The molecule has 0 saturated carbocycles. The number of aryl methyl sites for hydroxylation is 1. The van der Waals surface area contributed by atoms with Crippen molar-refractivity contribution in [2.75, 3.05) is 17.1 Å². The second-order valence-corrected chi connectivity index (χ2v) is 8.24. The summed E-state index contributed by atoms with van der Waals surface area (Å²) < 4.78 is 24.9. The Kier molecular flexibility index (Phi) is 4.31. The standard InChI is InChI=1S/C14H16N4O3S2/c1-23(20,21)18-7-3-5-11-12(18)17-14(22-11)13(19)16-9-10-4-2-6-15-8-10/h2,4,6,8H,3,5,7,9H2,1H3,(H,16,19). The molecule has 1 aliphatic rings. The van der Waals surface area contributed by atoms with Gasteiger partial charge in [-0.3, -0.25) is 14.1 Å². The minimum atomic E-state index is -3.37. The van der Waals surface area contributed by atoms with Crippen molar-refractivity contribution in [2.24, 2.45) is 0 Å². The summed E-state index contributed by atoms with van der Waals surface area (Å²) in [5.41, 5.74) is 0.889. The number of nitrogens with zero attached hydrogens (tertiary/aromatic N) is 3. The Morgan fingerprint density at radius 1 is 1.48 bits per heavy atom. The van der Waals surface area contributed by atoms with Crippen molar-refractivity contribution in [2.45, 2.75) is 19.4 Å². The summed E-state index contributed by atoms with van der Waals surface area (Å²) in [7, 11) is -3.37. The van der Waals surface area contributed by atoms with Gasteiger partial charge in [0.1, 0.15) is 0 Å². The van der Waals surface area contributed by atoms with Gasteiger partial charge >= 0.3 is 0 Å². The number of sulfonamides is 1. The van der Waals surface area contributed by atoms with Crippen LogP contribution in [0.15, 0.2) is 24.5 Å². The highest BCUT2D eigenvalue weighted by Gasteiger charge is 2.29. The first kappa shape index (κ1) is 15.9. The Morgan fingerprint density at radius 2 is 2.30 bits per heavy atom. The molecule has 0 aliphatic carbocycles. The number of carbonyl (C=O) groups is 1. The number of rotatable bonds is 4. The van der Waals surface area contributed by atoms with Crippen LogP contribution in [0.2, 0.25) is 0 Å². The SMILES string of the molecule is CS(=O)(=O)N1CCCc2sc(C(=O)NCc3cccnc3)nc21. The lowest BCUT2D eigenvalue weighted by Gasteiger charge is -2.24. The van der Waals surface area contributed by atoms with Crippen LogP contribution in [0.5, 0.6) is 0 Å². The highest BCUT2D eigenvalue weighted by Crippen LogP contribution is 2.33. The molecule has 0 radical (unpaired) electrons. The molecule has 0 atom stereocenters. The molecule has 0 aromatic carbocycles. The van der Waals surface area contributed by atoms with Crippen molar-refractivity contribution in [3.05, 3.63) is 40.0 Å². The summed E-state index contributed by atoms with van der Waals surface area (Å²) in [5.74, 6) is 0.0944. The maximum Gasteiger partial charge on any atom is 0.280 e. The van der Waals surface area contributed by atoms with Crippen LogP contribution in [0.1, 0.15) is 26.7 Å². The van der Waals surface area contributed by atoms with E-state index in [1.54, 1.807) is 18.5 Å². The first-order chi connectivity index (χ1) is 10.9. The van der Waals surface area contributed by atoms with Gasteiger partial charge in [0.15, 0.2) is 10.8 Å². The van der Waals surface area contributed by atoms with Crippen LogP contribution < -0.4 is 9.62 Å². The van der Waals surface area contributed by atoms with Gasteiger partial charge in [0.05, 0.1) is 11.1 Å². The summed E-state index contributed by atoms with van der Waals surface area (Å²) in [6.07, 6.45) is 5.98. The van der Waals surface area contributed by atoms with Crippen LogP contribution in [-0.2, 0) is 23.0 Å². The summed E-state index contributed by atoms with van der Waals surface area (Å²) >= 11 is 1.25. The van der Waals surface area contributed by atoms with Crippen molar-refractivity contribution in [3.63, 3.8) is 0 Å². The fraction of sp³-hybridized carbons (Fsp3) is 0.357. The van der Waals surface area contributed by atoms with Crippen molar-refractivity contribution in [1.29, 1.82) is 0 Å². The average Bonchev–Trinajstić information content (AvgIpc) is 2.96. The third-order valence-corrected chi connectivity index (χ3v) is 5.71. The number of nitrogens with one attached hydrogen (secondary N) is 1. The molecule has 1 N–H and O–H groups in total. The number of carbonyl (C=O) groups excluding carboxylic acids is 1. The van der Waals surface area contributed by atoms with E-state index >= 15 is 0 Å². The molecule has 0 unspecified atom stereocenters. The molecule has 1 aliphatic heterocycles. The number of hydrogen-bond acceptors (Lipinski definition) is 6. The highest BCUT2D eigenvalue weighted by molar-refractivity contribution is 7.92. The number of amides is 1. The minimum absolute atomic E-state index is 0.287. The Hall–Kier alpha value is -2.00. The van der Waals surface area contributed by atoms with E-state index in [0.717, 1.165) is 29.5 Å². The summed E-state index contributed by atoms with van der Waals surface area (Å²) in [4.78, 5) is 21.3. The molecule has 122 valence electrons. The Labute approximate surface area is 138 Å². The maximum atomic E-state index is 12.2. The Morgan fingerprint density at radius 3 is 3.00 bits per heavy atom. The van der Waals surface area contributed by atoms with Gasteiger partial charge in [0.25, 0.3) is 5.91 Å². The quantitative estimate of drug-likeness (QED) is 0.892. The molecule has 0 saturated heterocycles. The van der Waals surface area contributed by atoms with Crippen molar-refractivity contribution < 1.29 is 13.2 Å². The first-order valence-electron chi connectivity index (χ1n) is 7.09. The average molecular weight is 352 g/mol. The molecule has 2 aromatic rings. The molecule has 1 amide bonds. The Balaban J connectivity index is 1.77. The van der Waals surface area contributed by atoms with Crippen LogP contribution in [0.4, 0.5) is 5.82 Å². The van der Waals surface area contributed by atoms with Crippen molar-refractivity contribution in [3.8, 4) is 0 Å². The second kappa shape index (κ2) is 6.25. The summed E-state index contributed by atoms with van der Waals surface area (Å²) in [6, 6.07) is 3.67. The van der Waals surface area contributed by atoms with Gasteiger partial charge in [0.2, 0.25) is 10.0 Å². The minimum Gasteiger partial charge on any atom is -0.346 e. The van der Waals surface area contributed by atoms with Gasteiger partial charge in [-0.25, -0.2) is 13.4 Å². The van der Waals surface area contributed by atoms with E-state index in [1.165, 1.54) is 15.6 Å². The molecule has 0 fully saturated rings. The third kappa shape index (κ3) is 3.50. The molecular formula is C14H16N4O3S2. The van der Waals surface area contributed by atoms with E-state index in [-0.39, 0.29) is 10.9 Å². The lowest BCUT2D eigenvalue weighted by atomic mass is 10.2. The lowest BCUT2D eigenvalue weighted by Crippen LogP contribution is -2.34. The number of thiazole rings is 1. The number of aromatic nitrogens is 2. The molecule has 23 heavy (non-hydrogen) atoms. The molecule has 7 nitrogen and oxygen atoms in total. The van der Waals surface area contributed by atoms with Crippen molar-refractivity contribution >= 4 is 33.1 Å². The largest absolute Gasteiger partial charge is 0.346 e. The van der Waals surface area contributed by atoms with Gasteiger partial charge in [-0.1, -0.05) is 6.07 Å². The van der Waals surface area contributed by atoms with Crippen molar-refractivity contribution in [1.82, 2.24) is 15.3 Å². The fourth-order valence-corrected chi connectivity index (χ4v) is 4.38. The zero-order chi connectivity index (χ0) is 16.4. The molecule has 3 rings (SSSR count). The van der Waals surface area contributed by atoms with E-state index in [9.17, 15) is 13.2 Å². The maximum absolute atomic E-state index is 12.2. The molecule has 3 heterocycles. The lowest BCUT2D eigenvalue weighted by molar-refractivity contribution is 0.0950. The first-order valence-corrected chi connectivity index (χ1v) is 9.76. The van der Waals surface area contributed by atoms with Gasteiger partial charge < -0.3 is 5.32 Å². The molecular weight excluding hydrogens is 336 g/mol. The fourth-order valence-electron chi connectivity index (χ4n) is 2.37. The van der Waals surface area contributed by atoms with Gasteiger partial charge in [0, 0.05) is 25.5 Å². The smallest absolute Gasteiger partial charge is 0.280 e. The van der Waals surface area contributed by atoms with Crippen LogP contribution in [-0.4, -0.2) is 37.1 Å². The number of anilines is 1. The van der Waals surface area contributed by atoms with E-state index in [0.29, 0.717) is 18.9 Å². The zero-order valence-corrected chi connectivity index (χ0v) is 14.2. The van der Waals surface area contributed by atoms with Crippen LogP contribution in [0.3, 0.4) is 0 Å². The second-order valence-electron chi connectivity index (χ2n) is 5.25. The number of hydrogen-bond donors (Lipinski definition) is 1. The monoisotopic (exact) mass is 352 g/mol. The topological polar surface area (TPSA) is 92.3 Å². The number of fused-ring (bicyclic) bond motifs is 1. The van der Waals surface area contributed by atoms with E-state index in [2.05, 4.69) is 15.3 Å². The summed E-state index contributed by atoms with van der Waals surface area (Å²) in [5, 5.41) is 3.07. The van der Waals surface area contributed by atoms with E-state index in [1.807, 2.05) is 6.07 Å². The molecule has 0 bridgehead atoms. The molecule has 2 aromatic heterocycles. The number of pyridine rings is 1. The molecule has 0 spiro atoms.